The van der Waals surface area contributed by atoms with Gasteiger partial charge in [-0.3, -0.25) is 0 Å². The number of thiophene rings is 1. The molecule has 1 aromatic rings. The minimum Gasteiger partial charge on any atom is -0.211 e. The normalized spacial score (nSPS) is 11.5. The predicted octanol–water partition coefficient (Wildman–Crippen LogP) is 1.08. The van der Waals surface area contributed by atoms with E-state index in [2.05, 4.69) is 0 Å². The second-order valence-electron chi connectivity index (χ2n) is 3.07. The fourth-order valence-corrected chi connectivity index (χ4v) is 2.50. The lowest BCUT2D eigenvalue weighted by Crippen LogP contribution is -2.30. The van der Waals surface area contributed by atoms with Crippen molar-refractivity contribution in [1.29, 1.82) is 5.26 Å². The Morgan fingerprint density at radius 3 is 2.87 bits per heavy atom. The van der Waals surface area contributed by atoms with Crippen LogP contribution in [0.15, 0.2) is 17.5 Å². The summed E-state index contributed by atoms with van der Waals surface area (Å²) in [5, 5.41) is 10.3. The highest BCUT2D eigenvalue weighted by Crippen LogP contribution is 2.10. The zero-order chi connectivity index (χ0) is 11.3. The van der Waals surface area contributed by atoms with Gasteiger partial charge in [-0.25, -0.2) is 12.7 Å². The van der Waals surface area contributed by atoms with Crippen molar-refractivity contribution in [3.63, 3.8) is 0 Å². The molecule has 0 aliphatic heterocycles. The molecule has 15 heavy (non-hydrogen) atoms. The predicted molar refractivity (Wildman–Crippen MR) is 60.1 cm³/mol. The van der Waals surface area contributed by atoms with Crippen molar-refractivity contribution in [2.45, 2.75) is 6.42 Å². The van der Waals surface area contributed by atoms with Gasteiger partial charge >= 0.3 is 0 Å². The van der Waals surface area contributed by atoms with Gasteiger partial charge in [-0.15, -0.1) is 11.3 Å². The molecule has 0 fully saturated rings. The smallest absolute Gasteiger partial charge is 0.211 e. The number of nitrogens with zero attached hydrogens (tertiary/aromatic N) is 2. The quantitative estimate of drug-likeness (QED) is 0.778. The Kier molecular flexibility index (Phi) is 4.27. The summed E-state index contributed by atoms with van der Waals surface area (Å²) in [4.78, 5) is 1.15. The van der Waals surface area contributed by atoms with Crippen LogP contribution < -0.4 is 0 Å². The number of likely N-dealkylation sites (N-methyl/N-ethyl adjacent to an activating group) is 1. The molecule has 1 heterocycles. The lowest BCUT2D eigenvalue weighted by molar-refractivity contribution is 0.476. The van der Waals surface area contributed by atoms with Crippen LogP contribution in [-0.2, 0) is 16.4 Å². The van der Waals surface area contributed by atoms with Crippen LogP contribution in [0.25, 0.3) is 0 Å². The van der Waals surface area contributed by atoms with E-state index < -0.39 is 15.8 Å². The molecule has 0 bridgehead atoms. The van der Waals surface area contributed by atoms with E-state index in [1.165, 1.54) is 11.4 Å². The van der Waals surface area contributed by atoms with E-state index in [1.54, 1.807) is 17.4 Å². The first kappa shape index (κ1) is 12.2. The van der Waals surface area contributed by atoms with Crippen LogP contribution in [0.2, 0.25) is 0 Å². The van der Waals surface area contributed by atoms with Crippen molar-refractivity contribution in [1.82, 2.24) is 4.31 Å². The highest BCUT2D eigenvalue weighted by atomic mass is 32.2. The molecule has 0 spiro atoms. The highest BCUT2D eigenvalue weighted by molar-refractivity contribution is 7.89. The van der Waals surface area contributed by atoms with Gasteiger partial charge in [-0.2, -0.15) is 5.26 Å². The van der Waals surface area contributed by atoms with E-state index in [1.807, 2.05) is 17.5 Å². The van der Waals surface area contributed by atoms with Gasteiger partial charge in [0.05, 0.1) is 6.07 Å². The SMILES string of the molecule is CN(CCc1cccs1)S(=O)(=O)CC#N. The zero-order valence-corrected chi connectivity index (χ0v) is 10.0. The number of rotatable bonds is 5. The molecule has 0 N–H and O–H groups in total. The lowest BCUT2D eigenvalue weighted by atomic mass is 10.3. The molecule has 82 valence electrons. The number of hydrogen-bond donors (Lipinski definition) is 0. The van der Waals surface area contributed by atoms with Crippen molar-refractivity contribution in [3.05, 3.63) is 22.4 Å². The Balaban J connectivity index is 2.50. The fourth-order valence-electron chi connectivity index (χ4n) is 1.05. The van der Waals surface area contributed by atoms with E-state index >= 15 is 0 Å². The van der Waals surface area contributed by atoms with Crippen molar-refractivity contribution >= 4 is 21.4 Å². The average Bonchev–Trinajstić information content (AvgIpc) is 2.66. The van der Waals surface area contributed by atoms with Gasteiger partial charge in [0.15, 0.2) is 5.75 Å². The summed E-state index contributed by atoms with van der Waals surface area (Å²) < 4.78 is 24.0. The summed E-state index contributed by atoms with van der Waals surface area (Å²) in [7, 11) is -1.89. The fraction of sp³-hybridized carbons (Fsp3) is 0.444. The third-order valence-corrected chi connectivity index (χ3v) is 4.54. The van der Waals surface area contributed by atoms with Crippen LogP contribution in [0.4, 0.5) is 0 Å². The van der Waals surface area contributed by atoms with Gasteiger partial charge in [-0.1, -0.05) is 6.07 Å². The topological polar surface area (TPSA) is 61.2 Å². The van der Waals surface area contributed by atoms with Crippen molar-refractivity contribution in [2.24, 2.45) is 0 Å². The Labute approximate surface area is 93.8 Å². The van der Waals surface area contributed by atoms with Crippen LogP contribution in [0.5, 0.6) is 0 Å². The first-order chi connectivity index (χ1) is 7.06. The van der Waals surface area contributed by atoms with Gasteiger partial charge in [0.1, 0.15) is 0 Å². The molecule has 4 nitrogen and oxygen atoms in total. The van der Waals surface area contributed by atoms with Crippen molar-refractivity contribution < 1.29 is 8.42 Å². The highest BCUT2D eigenvalue weighted by Gasteiger charge is 2.16. The molecule has 0 amide bonds. The van der Waals surface area contributed by atoms with Gasteiger partial charge in [0, 0.05) is 18.5 Å². The standard InChI is InChI=1S/C9H12N2O2S2/c1-11(15(12,13)8-5-10)6-4-9-3-2-7-14-9/h2-3,7H,4,6,8H2,1H3. The van der Waals surface area contributed by atoms with Crippen molar-refractivity contribution in [3.8, 4) is 6.07 Å². The molecule has 0 saturated carbocycles. The van der Waals surface area contributed by atoms with Crippen LogP contribution >= 0.6 is 11.3 Å². The van der Waals surface area contributed by atoms with Crippen LogP contribution in [0.1, 0.15) is 4.88 Å². The minimum atomic E-state index is -3.39. The summed E-state index contributed by atoms with van der Waals surface area (Å²) in [5.41, 5.74) is 0. The molecule has 0 aromatic carbocycles. The largest absolute Gasteiger partial charge is 0.227 e. The average molecular weight is 244 g/mol. The molecular formula is C9H12N2O2S2. The number of nitriles is 1. The molecule has 6 heteroatoms. The summed E-state index contributed by atoms with van der Waals surface area (Å²) in [6, 6.07) is 5.56. The monoisotopic (exact) mass is 244 g/mol. The van der Waals surface area contributed by atoms with E-state index in [-0.39, 0.29) is 0 Å². The van der Waals surface area contributed by atoms with Gasteiger partial charge < -0.3 is 0 Å². The molecule has 0 aliphatic carbocycles. The first-order valence-electron chi connectivity index (χ1n) is 4.39. The van der Waals surface area contributed by atoms with E-state index in [0.717, 1.165) is 4.88 Å². The maximum Gasteiger partial charge on any atom is 0.227 e. The molecule has 0 radical (unpaired) electrons. The van der Waals surface area contributed by atoms with Crippen molar-refractivity contribution in [2.75, 3.05) is 19.3 Å². The van der Waals surface area contributed by atoms with E-state index in [4.69, 9.17) is 5.26 Å². The van der Waals surface area contributed by atoms with E-state index in [0.29, 0.717) is 13.0 Å². The molecule has 0 unspecified atom stereocenters. The van der Waals surface area contributed by atoms with Gasteiger partial charge in [0.25, 0.3) is 0 Å². The maximum absolute atomic E-state index is 11.4. The summed E-state index contributed by atoms with van der Waals surface area (Å²) >= 11 is 1.60. The van der Waals surface area contributed by atoms with Crippen LogP contribution in [0.3, 0.4) is 0 Å². The summed E-state index contributed by atoms with van der Waals surface area (Å²) in [5.74, 6) is -0.450. The second kappa shape index (κ2) is 5.26. The Bertz CT molecular complexity index is 431. The Morgan fingerprint density at radius 2 is 2.33 bits per heavy atom. The summed E-state index contributed by atoms with van der Waals surface area (Å²) in [6.45, 7) is 0.421. The van der Waals surface area contributed by atoms with Crippen LogP contribution in [-0.4, -0.2) is 32.1 Å². The molecular weight excluding hydrogens is 232 g/mol. The van der Waals surface area contributed by atoms with Gasteiger partial charge in [0.2, 0.25) is 10.0 Å². The van der Waals surface area contributed by atoms with Crippen LogP contribution in [0, 0.1) is 11.3 Å². The molecule has 1 aromatic heterocycles. The molecule has 1 rings (SSSR count). The van der Waals surface area contributed by atoms with Gasteiger partial charge in [-0.05, 0) is 17.9 Å². The third kappa shape index (κ3) is 3.63. The molecule has 0 atom stereocenters. The molecule has 0 aliphatic rings. The second-order valence-corrected chi connectivity index (χ2v) is 6.17. The molecule has 0 saturated heterocycles. The number of hydrogen-bond acceptors (Lipinski definition) is 4. The Hall–Kier alpha value is -0.900. The third-order valence-electron chi connectivity index (χ3n) is 1.98. The lowest BCUT2D eigenvalue weighted by Gasteiger charge is -2.14. The first-order valence-corrected chi connectivity index (χ1v) is 6.88. The summed E-state index contributed by atoms with van der Waals surface area (Å²) in [6.07, 6.45) is 0.693. The Morgan fingerprint density at radius 1 is 1.60 bits per heavy atom. The zero-order valence-electron chi connectivity index (χ0n) is 8.38. The minimum absolute atomic E-state index is 0.421. The maximum atomic E-state index is 11.4. The van der Waals surface area contributed by atoms with E-state index in [9.17, 15) is 8.42 Å². The number of sulfonamides is 1.